The quantitative estimate of drug-likeness (QED) is 0.740. The Hall–Kier alpha value is -1.21. The van der Waals surface area contributed by atoms with Gasteiger partial charge in [0, 0.05) is 18.5 Å². The van der Waals surface area contributed by atoms with Crippen LogP contribution in [0.1, 0.15) is 5.56 Å². The van der Waals surface area contributed by atoms with Gasteiger partial charge in [-0.3, -0.25) is 4.98 Å². The predicted octanol–water partition coefficient (Wildman–Crippen LogP) is 1.73. The summed E-state index contributed by atoms with van der Waals surface area (Å²) in [6, 6.07) is 3.82. The molecule has 0 amide bonds. The highest BCUT2D eigenvalue weighted by Gasteiger charge is 1.98. The van der Waals surface area contributed by atoms with E-state index in [1.807, 2.05) is 0 Å². The third kappa shape index (κ3) is 2.96. The van der Waals surface area contributed by atoms with Crippen LogP contribution in [0.3, 0.4) is 0 Å². The lowest BCUT2D eigenvalue weighted by atomic mass is 10.2. The van der Waals surface area contributed by atoms with E-state index in [2.05, 4.69) is 22.6 Å². The van der Waals surface area contributed by atoms with Gasteiger partial charge in [0.25, 0.3) is 0 Å². The van der Waals surface area contributed by atoms with Crippen molar-refractivity contribution in [3.05, 3.63) is 24.0 Å². The average molecular weight is 193 g/mol. The number of thioether (sulfide) groups is 1. The number of nitriles is 1. The van der Waals surface area contributed by atoms with Crippen LogP contribution in [-0.4, -0.2) is 23.5 Å². The van der Waals surface area contributed by atoms with E-state index in [0.717, 1.165) is 18.0 Å². The lowest BCUT2D eigenvalue weighted by Gasteiger charge is -2.05. The summed E-state index contributed by atoms with van der Waals surface area (Å²) < 4.78 is 0. The van der Waals surface area contributed by atoms with Crippen molar-refractivity contribution in [1.29, 1.82) is 5.26 Å². The van der Waals surface area contributed by atoms with E-state index < -0.39 is 0 Å². The first-order valence-corrected chi connectivity index (χ1v) is 5.35. The smallest absolute Gasteiger partial charge is 0.101 e. The SMILES string of the molecule is CSCCNc1cnccc1C#N. The largest absolute Gasteiger partial charge is 0.382 e. The maximum absolute atomic E-state index is 8.75. The zero-order valence-electron chi connectivity index (χ0n) is 7.45. The zero-order valence-corrected chi connectivity index (χ0v) is 8.27. The number of aromatic nitrogens is 1. The predicted molar refractivity (Wildman–Crippen MR) is 55.8 cm³/mol. The molecule has 1 aromatic rings. The van der Waals surface area contributed by atoms with Crippen molar-refractivity contribution in [2.24, 2.45) is 0 Å². The van der Waals surface area contributed by atoms with Crippen LogP contribution in [0.2, 0.25) is 0 Å². The summed E-state index contributed by atoms with van der Waals surface area (Å²) in [4.78, 5) is 3.95. The van der Waals surface area contributed by atoms with Gasteiger partial charge in [0.1, 0.15) is 6.07 Å². The van der Waals surface area contributed by atoms with Gasteiger partial charge in [-0.05, 0) is 12.3 Å². The highest BCUT2D eigenvalue weighted by Crippen LogP contribution is 2.11. The number of hydrogen-bond acceptors (Lipinski definition) is 4. The highest BCUT2D eigenvalue weighted by atomic mass is 32.2. The maximum Gasteiger partial charge on any atom is 0.101 e. The number of pyridine rings is 1. The fourth-order valence-electron chi connectivity index (χ4n) is 0.921. The molecular formula is C9H11N3S. The first-order valence-electron chi connectivity index (χ1n) is 3.95. The van der Waals surface area contributed by atoms with Crippen LogP contribution in [0.25, 0.3) is 0 Å². The van der Waals surface area contributed by atoms with E-state index in [1.165, 1.54) is 0 Å². The lowest BCUT2D eigenvalue weighted by molar-refractivity contribution is 1.20. The minimum Gasteiger partial charge on any atom is -0.382 e. The van der Waals surface area contributed by atoms with Crippen LogP contribution in [0.15, 0.2) is 18.5 Å². The number of nitrogens with zero attached hydrogens (tertiary/aromatic N) is 2. The summed E-state index contributed by atoms with van der Waals surface area (Å²) in [6.07, 6.45) is 5.35. The Morgan fingerprint density at radius 2 is 2.54 bits per heavy atom. The van der Waals surface area contributed by atoms with Gasteiger partial charge in [-0.1, -0.05) is 0 Å². The third-order valence-electron chi connectivity index (χ3n) is 1.56. The van der Waals surface area contributed by atoms with Crippen LogP contribution in [0, 0.1) is 11.3 Å². The van der Waals surface area contributed by atoms with Crippen LogP contribution >= 0.6 is 11.8 Å². The number of anilines is 1. The average Bonchev–Trinajstić information content (AvgIpc) is 2.19. The molecule has 1 rings (SSSR count). The Morgan fingerprint density at radius 3 is 3.23 bits per heavy atom. The first kappa shape index (κ1) is 9.87. The first-order chi connectivity index (χ1) is 6.38. The van der Waals surface area contributed by atoms with Crippen molar-refractivity contribution >= 4 is 17.4 Å². The molecule has 0 saturated heterocycles. The molecule has 0 spiro atoms. The van der Waals surface area contributed by atoms with Crippen LogP contribution in [-0.2, 0) is 0 Å². The van der Waals surface area contributed by atoms with Gasteiger partial charge in [0.05, 0.1) is 17.4 Å². The summed E-state index contributed by atoms with van der Waals surface area (Å²) in [7, 11) is 0. The fourth-order valence-corrected chi connectivity index (χ4v) is 1.23. The Kier molecular flexibility index (Phi) is 4.13. The molecular weight excluding hydrogens is 182 g/mol. The van der Waals surface area contributed by atoms with Crippen LogP contribution < -0.4 is 5.32 Å². The van der Waals surface area contributed by atoms with Crippen molar-refractivity contribution in [2.75, 3.05) is 23.9 Å². The zero-order chi connectivity index (χ0) is 9.52. The topological polar surface area (TPSA) is 48.7 Å². The fraction of sp³-hybridized carbons (Fsp3) is 0.333. The van der Waals surface area contributed by atoms with Gasteiger partial charge in [-0.15, -0.1) is 0 Å². The molecule has 0 atom stereocenters. The summed E-state index contributed by atoms with van der Waals surface area (Å²) in [5.74, 6) is 1.03. The maximum atomic E-state index is 8.75. The standard InChI is InChI=1S/C9H11N3S/c1-13-5-4-12-9-7-11-3-2-8(9)6-10/h2-3,7,12H,4-5H2,1H3. The molecule has 1 heterocycles. The summed E-state index contributed by atoms with van der Waals surface area (Å²) in [5.41, 5.74) is 1.47. The minimum absolute atomic E-state index is 0.649. The molecule has 3 nitrogen and oxygen atoms in total. The molecule has 0 fully saturated rings. The van der Waals surface area contributed by atoms with E-state index in [0.29, 0.717) is 5.56 Å². The van der Waals surface area contributed by atoms with Crippen molar-refractivity contribution < 1.29 is 0 Å². The molecule has 4 heteroatoms. The molecule has 0 aromatic carbocycles. The van der Waals surface area contributed by atoms with Crippen LogP contribution in [0.5, 0.6) is 0 Å². The molecule has 0 unspecified atom stereocenters. The molecule has 0 aliphatic heterocycles. The molecule has 0 bridgehead atoms. The van der Waals surface area contributed by atoms with E-state index in [9.17, 15) is 0 Å². The number of nitrogens with one attached hydrogen (secondary N) is 1. The molecule has 13 heavy (non-hydrogen) atoms. The van der Waals surface area contributed by atoms with Gasteiger partial charge in [0.2, 0.25) is 0 Å². The van der Waals surface area contributed by atoms with Gasteiger partial charge >= 0.3 is 0 Å². The molecule has 68 valence electrons. The van der Waals surface area contributed by atoms with Crippen molar-refractivity contribution in [2.45, 2.75) is 0 Å². The highest BCUT2D eigenvalue weighted by molar-refractivity contribution is 7.98. The van der Waals surface area contributed by atoms with Gasteiger partial charge in [-0.25, -0.2) is 0 Å². The molecule has 1 aromatic heterocycles. The number of rotatable bonds is 4. The van der Waals surface area contributed by atoms with E-state index in [-0.39, 0.29) is 0 Å². The Labute approximate surface area is 82.2 Å². The Morgan fingerprint density at radius 1 is 1.69 bits per heavy atom. The van der Waals surface area contributed by atoms with Gasteiger partial charge in [-0.2, -0.15) is 17.0 Å². The summed E-state index contributed by atoms with van der Waals surface area (Å²) >= 11 is 1.77. The Bertz CT molecular complexity index is 306. The van der Waals surface area contributed by atoms with Crippen molar-refractivity contribution in [3.8, 4) is 6.07 Å². The second-order valence-electron chi connectivity index (χ2n) is 2.45. The van der Waals surface area contributed by atoms with Gasteiger partial charge < -0.3 is 5.32 Å². The number of hydrogen-bond donors (Lipinski definition) is 1. The normalized spacial score (nSPS) is 9.23. The third-order valence-corrected chi connectivity index (χ3v) is 2.18. The molecule has 0 aliphatic rings. The second-order valence-corrected chi connectivity index (χ2v) is 3.44. The second kappa shape index (κ2) is 5.44. The summed E-state index contributed by atoms with van der Waals surface area (Å²) in [5, 5.41) is 11.9. The monoisotopic (exact) mass is 193 g/mol. The molecule has 0 aliphatic carbocycles. The Balaban J connectivity index is 2.60. The minimum atomic E-state index is 0.649. The van der Waals surface area contributed by atoms with E-state index >= 15 is 0 Å². The van der Waals surface area contributed by atoms with Crippen molar-refractivity contribution in [3.63, 3.8) is 0 Å². The van der Waals surface area contributed by atoms with Crippen molar-refractivity contribution in [1.82, 2.24) is 4.98 Å². The van der Waals surface area contributed by atoms with Gasteiger partial charge in [0.15, 0.2) is 0 Å². The lowest BCUT2D eigenvalue weighted by Crippen LogP contribution is -2.05. The molecule has 0 radical (unpaired) electrons. The van der Waals surface area contributed by atoms with Crippen LogP contribution in [0.4, 0.5) is 5.69 Å². The van der Waals surface area contributed by atoms with E-state index in [4.69, 9.17) is 5.26 Å². The van der Waals surface area contributed by atoms with E-state index in [1.54, 1.807) is 30.2 Å². The molecule has 0 saturated carbocycles. The molecule has 1 N–H and O–H groups in total. The summed E-state index contributed by atoms with van der Waals surface area (Å²) in [6.45, 7) is 0.863.